The molecule has 6 heteroatoms. The van der Waals surface area contributed by atoms with E-state index in [0.29, 0.717) is 12.2 Å². The van der Waals surface area contributed by atoms with Crippen molar-refractivity contribution in [2.45, 2.75) is 26.3 Å². The molecule has 1 unspecified atom stereocenters. The third-order valence-corrected chi connectivity index (χ3v) is 2.92. The number of carbonyl (C=O) groups excluding carboxylic acids is 2. The summed E-state index contributed by atoms with van der Waals surface area (Å²) in [5.41, 5.74) is 0.668. The Morgan fingerprint density at radius 3 is 2.47 bits per heavy atom. The Morgan fingerprint density at radius 2 is 1.89 bits per heavy atom. The number of rotatable bonds is 5. The number of amides is 3. The van der Waals surface area contributed by atoms with E-state index in [1.807, 2.05) is 19.1 Å². The van der Waals surface area contributed by atoms with Crippen molar-refractivity contribution in [3.05, 3.63) is 28.7 Å². The van der Waals surface area contributed by atoms with E-state index in [1.165, 1.54) is 0 Å². The largest absolute Gasteiger partial charge is 0.354 e. The number of halogens is 1. The number of anilines is 1. The number of nitrogens with one attached hydrogen (secondary N) is 3. The number of hydrogen-bond acceptors (Lipinski definition) is 2. The van der Waals surface area contributed by atoms with Crippen molar-refractivity contribution < 1.29 is 9.59 Å². The molecule has 0 aliphatic heterocycles. The van der Waals surface area contributed by atoms with E-state index in [1.54, 1.807) is 19.1 Å². The number of carbonyl (C=O) groups is 2. The van der Waals surface area contributed by atoms with E-state index < -0.39 is 12.1 Å². The maximum absolute atomic E-state index is 11.7. The van der Waals surface area contributed by atoms with Crippen molar-refractivity contribution in [2.75, 3.05) is 11.9 Å². The van der Waals surface area contributed by atoms with Crippen molar-refractivity contribution in [2.24, 2.45) is 0 Å². The van der Waals surface area contributed by atoms with E-state index in [-0.39, 0.29) is 5.91 Å². The Hall–Kier alpha value is -1.56. The number of hydrogen-bond donors (Lipinski definition) is 3. The van der Waals surface area contributed by atoms with Gasteiger partial charge in [-0.15, -0.1) is 0 Å². The van der Waals surface area contributed by atoms with Gasteiger partial charge in [0.05, 0.1) is 0 Å². The van der Waals surface area contributed by atoms with Crippen LogP contribution in [0.4, 0.5) is 10.5 Å². The molecule has 0 fully saturated rings. The van der Waals surface area contributed by atoms with Crippen molar-refractivity contribution in [3.8, 4) is 0 Å². The summed E-state index contributed by atoms with van der Waals surface area (Å²) in [7, 11) is 0. The maximum Gasteiger partial charge on any atom is 0.319 e. The Balaban J connectivity index is 2.42. The minimum absolute atomic E-state index is 0.187. The van der Waals surface area contributed by atoms with Crippen molar-refractivity contribution >= 4 is 33.6 Å². The van der Waals surface area contributed by atoms with E-state index in [4.69, 9.17) is 0 Å². The summed E-state index contributed by atoms with van der Waals surface area (Å²) in [5.74, 6) is -0.187. The molecule has 0 heterocycles. The predicted molar refractivity (Wildman–Crippen MR) is 79.1 cm³/mol. The molecule has 3 amide bonds. The monoisotopic (exact) mass is 327 g/mol. The first kappa shape index (κ1) is 15.5. The van der Waals surface area contributed by atoms with Crippen LogP contribution in [0.15, 0.2) is 28.7 Å². The molecule has 0 spiro atoms. The fourth-order valence-electron chi connectivity index (χ4n) is 1.36. The lowest BCUT2D eigenvalue weighted by Crippen LogP contribution is -2.46. The van der Waals surface area contributed by atoms with Crippen LogP contribution in [-0.4, -0.2) is 24.5 Å². The zero-order valence-electron chi connectivity index (χ0n) is 11.0. The van der Waals surface area contributed by atoms with Gasteiger partial charge in [0.15, 0.2) is 0 Å². The van der Waals surface area contributed by atoms with Gasteiger partial charge in [0.2, 0.25) is 5.91 Å². The van der Waals surface area contributed by atoms with Gasteiger partial charge in [0, 0.05) is 16.7 Å². The van der Waals surface area contributed by atoms with Gasteiger partial charge in [-0.05, 0) is 37.6 Å². The van der Waals surface area contributed by atoms with Crippen LogP contribution >= 0.6 is 15.9 Å². The van der Waals surface area contributed by atoms with Crippen LogP contribution in [0, 0.1) is 0 Å². The Labute approximate surface area is 121 Å². The fourth-order valence-corrected chi connectivity index (χ4v) is 1.63. The van der Waals surface area contributed by atoms with Crippen LogP contribution < -0.4 is 16.0 Å². The normalized spacial score (nSPS) is 11.5. The van der Waals surface area contributed by atoms with Gasteiger partial charge in [-0.1, -0.05) is 22.9 Å². The summed E-state index contributed by atoms with van der Waals surface area (Å²) in [6, 6.07) is 6.22. The van der Waals surface area contributed by atoms with Crippen LogP contribution in [-0.2, 0) is 4.79 Å². The highest BCUT2D eigenvalue weighted by Gasteiger charge is 2.14. The minimum atomic E-state index is -0.568. The standard InChI is InChI=1S/C13H18BrN3O2/c1-3-8-15-12(18)9(2)16-13(19)17-11-6-4-10(14)5-7-11/h4-7,9H,3,8H2,1-2H3,(H,15,18)(H2,16,17,19). The predicted octanol–water partition coefficient (Wildman–Crippen LogP) is 2.49. The first-order valence-electron chi connectivity index (χ1n) is 6.13. The molecular formula is C13H18BrN3O2. The Bertz CT molecular complexity index is 434. The molecule has 0 radical (unpaired) electrons. The summed E-state index contributed by atoms with van der Waals surface area (Å²) < 4.78 is 0.936. The third-order valence-electron chi connectivity index (χ3n) is 2.39. The van der Waals surface area contributed by atoms with Gasteiger partial charge >= 0.3 is 6.03 Å². The van der Waals surface area contributed by atoms with Crippen LogP contribution in [0.5, 0.6) is 0 Å². The fraction of sp³-hybridized carbons (Fsp3) is 0.385. The quantitative estimate of drug-likeness (QED) is 0.777. The molecule has 0 aliphatic rings. The van der Waals surface area contributed by atoms with Gasteiger partial charge < -0.3 is 16.0 Å². The number of urea groups is 1. The third kappa shape index (κ3) is 5.74. The molecule has 1 aromatic carbocycles. The average molecular weight is 328 g/mol. The summed E-state index contributed by atoms with van der Waals surface area (Å²) >= 11 is 3.31. The van der Waals surface area contributed by atoms with Crippen molar-refractivity contribution in [1.82, 2.24) is 10.6 Å². The maximum atomic E-state index is 11.7. The lowest BCUT2D eigenvalue weighted by molar-refractivity contribution is -0.122. The highest BCUT2D eigenvalue weighted by Crippen LogP contribution is 2.13. The summed E-state index contributed by atoms with van der Waals surface area (Å²) in [4.78, 5) is 23.2. The molecule has 1 rings (SSSR count). The Morgan fingerprint density at radius 1 is 1.26 bits per heavy atom. The molecule has 1 atom stereocenters. The summed E-state index contributed by atoms with van der Waals surface area (Å²) in [6.07, 6.45) is 0.865. The molecular weight excluding hydrogens is 310 g/mol. The SMILES string of the molecule is CCCNC(=O)C(C)NC(=O)Nc1ccc(Br)cc1. The zero-order chi connectivity index (χ0) is 14.3. The van der Waals surface area contributed by atoms with E-state index >= 15 is 0 Å². The molecule has 104 valence electrons. The highest BCUT2D eigenvalue weighted by atomic mass is 79.9. The molecule has 19 heavy (non-hydrogen) atoms. The lowest BCUT2D eigenvalue weighted by atomic mass is 10.3. The summed E-state index contributed by atoms with van der Waals surface area (Å²) in [6.45, 7) is 4.23. The second-order valence-electron chi connectivity index (χ2n) is 4.12. The molecule has 1 aromatic rings. The van der Waals surface area contributed by atoms with Gasteiger partial charge in [-0.3, -0.25) is 4.79 Å². The molecule has 0 bridgehead atoms. The first-order chi connectivity index (χ1) is 9.02. The molecule has 3 N–H and O–H groups in total. The topological polar surface area (TPSA) is 70.2 Å². The lowest BCUT2D eigenvalue weighted by Gasteiger charge is -2.14. The summed E-state index contributed by atoms with van der Waals surface area (Å²) in [5, 5.41) is 7.96. The highest BCUT2D eigenvalue weighted by molar-refractivity contribution is 9.10. The first-order valence-corrected chi connectivity index (χ1v) is 6.93. The minimum Gasteiger partial charge on any atom is -0.354 e. The van der Waals surface area contributed by atoms with E-state index in [9.17, 15) is 9.59 Å². The Kier molecular flexibility index (Phi) is 6.35. The van der Waals surface area contributed by atoms with Crippen LogP contribution in [0.2, 0.25) is 0 Å². The smallest absolute Gasteiger partial charge is 0.319 e. The van der Waals surface area contributed by atoms with Crippen LogP contribution in [0.25, 0.3) is 0 Å². The van der Waals surface area contributed by atoms with Gasteiger partial charge in [-0.25, -0.2) is 4.79 Å². The molecule has 0 aliphatic carbocycles. The molecule has 0 saturated heterocycles. The van der Waals surface area contributed by atoms with Crippen LogP contribution in [0.3, 0.4) is 0 Å². The molecule has 5 nitrogen and oxygen atoms in total. The second-order valence-corrected chi connectivity index (χ2v) is 5.03. The van der Waals surface area contributed by atoms with Gasteiger partial charge in [0.25, 0.3) is 0 Å². The number of benzene rings is 1. The van der Waals surface area contributed by atoms with E-state index in [0.717, 1.165) is 10.9 Å². The van der Waals surface area contributed by atoms with E-state index in [2.05, 4.69) is 31.9 Å². The molecule has 0 aromatic heterocycles. The van der Waals surface area contributed by atoms with Crippen molar-refractivity contribution in [1.29, 1.82) is 0 Å². The second kappa shape index (κ2) is 7.78. The average Bonchev–Trinajstić information content (AvgIpc) is 2.38. The van der Waals surface area contributed by atoms with Crippen molar-refractivity contribution in [3.63, 3.8) is 0 Å². The molecule has 0 saturated carbocycles. The van der Waals surface area contributed by atoms with Gasteiger partial charge in [-0.2, -0.15) is 0 Å². The van der Waals surface area contributed by atoms with Gasteiger partial charge in [0.1, 0.15) is 6.04 Å². The van der Waals surface area contributed by atoms with Crippen LogP contribution in [0.1, 0.15) is 20.3 Å². The zero-order valence-corrected chi connectivity index (χ0v) is 12.6.